The average Bonchev–Trinajstić information content (AvgIpc) is 2.52. The average molecular weight is 385 g/mol. The van der Waals surface area contributed by atoms with Crippen molar-refractivity contribution in [1.82, 2.24) is 10.6 Å². The number of hydrogen-bond donors (Lipinski definition) is 2. The molecule has 0 aliphatic heterocycles. The van der Waals surface area contributed by atoms with E-state index in [0.717, 1.165) is 0 Å². The van der Waals surface area contributed by atoms with E-state index in [1.54, 1.807) is 38.1 Å². The molecule has 2 atom stereocenters. The lowest BCUT2D eigenvalue weighted by atomic mass is 10.0. The van der Waals surface area contributed by atoms with Gasteiger partial charge in [-0.05, 0) is 57.4 Å². The Morgan fingerprint density at radius 1 is 1.04 bits per heavy atom. The third kappa shape index (κ3) is 8.94. The summed E-state index contributed by atoms with van der Waals surface area (Å²) in [5, 5.41) is 6.14. The quantitative estimate of drug-likeness (QED) is 0.679. The molecule has 146 valence electrons. The second-order valence-electron chi connectivity index (χ2n) is 6.96. The Balaban J connectivity index is 2.54. The van der Waals surface area contributed by atoms with Crippen molar-refractivity contribution in [2.75, 3.05) is 6.61 Å². The molecule has 7 heteroatoms. The zero-order valence-corrected chi connectivity index (χ0v) is 16.8. The lowest BCUT2D eigenvalue weighted by Gasteiger charge is -2.23. The number of benzene rings is 1. The normalized spacial score (nSPS) is 13.2. The van der Waals surface area contributed by atoms with Crippen molar-refractivity contribution in [2.45, 2.75) is 59.2 Å². The van der Waals surface area contributed by atoms with Crippen molar-refractivity contribution in [3.8, 4) is 5.75 Å². The molecule has 0 radical (unpaired) electrons. The van der Waals surface area contributed by atoms with Gasteiger partial charge in [0.25, 0.3) is 0 Å². The maximum atomic E-state index is 12.5. The first-order valence-electron chi connectivity index (χ1n) is 8.83. The molecule has 0 heterocycles. The van der Waals surface area contributed by atoms with Crippen LogP contribution in [0.4, 0.5) is 4.79 Å². The summed E-state index contributed by atoms with van der Waals surface area (Å²) in [5.74, 6) is 0.658. The Bertz CT molecular complexity index is 575. The monoisotopic (exact) mass is 384 g/mol. The van der Waals surface area contributed by atoms with Gasteiger partial charge < -0.3 is 20.1 Å². The van der Waals surface area contributed by atoms with Gasteiger partial charge >= 0.3 is 6.09 Å². The summed E-state index contributed by atoms with van der Waals surface area (Å²) in [6.45, 7) is 9.64. The summed E-state index contributed by atoms with van der Waals surface area (Å²) in [5.41, 5.74) is 0. The molecule has 0 saturated carbocycles. The van der Waals surface area contributed by atoms with E-state index >= 15 is 0 Å². The smallest absolute Gasteiger partial charge is 0.408 e. The number of nitrogens with one attached hydrogen (secondary N) is 2. The number of halogens is 1. The summed E-state index contributed by atoms with van der Waals surface area (Å²) in [6.07, 6.45) is -0.320. The van der Waals surface area contributed by atoms with Crippen LogP contribution in [0.1, 0.15) is 41.0 Å². The van der Waals surface area contributed by atoms with Gasteiger partial charge in [0.1, 0.15) is 18.4 Å². The summed E-state index contributed by atoms with van der Waals surface area (Å²) in [4.78, 5) is 24.3. The van der Waals surface area contributed by atoms with Gasteiger partial charge in [0.15, 0.2) is 0 Å². The Morgan fingerprint density at radius 3 is 2.19 bits per heavy atom. The number of rotatable bonds is 9. The molecule has 1 aromatic carbocycles. The molecule has 2 unspecified atom stereocenters. The molecule has 0 spiro atoms. The predicted octanol–water partition coefficient (Wildman–Crippen LogP) is 3.77. The van der Waals surface area contributed by atoms with Crippen molar-refractivity contribution in [3.05, 3.63) is 29.3 Å². The highest BCUT2D eigenvalue weighted by Crippen LogP contribution is 2.15. The van der Waals surface area contributed by atoms with Crippen molar-refractivity contribution >= 4 is 23.6 Å². The van der Waals surface area contributed by atoms with Crippen molar-refractivity contribution in [3.63, 3.8) is 0 Å². The van der Waals surface area contributed by atoms with Crippen molar-refractivity contribution < 1.29 is 19.1 Å². The minimum Gasteiger partial charge on any atom is -0.491 e. The molecule has 0 aliphatic rings. The first-order chi connectivity index (χ1) is 12.2. The van der Waals surface area contributed by atoms with E-state index in [0.29, 0.717) is 23.8 Å². The number of carbonyl (C=O) groups excluding carboxylic acids is 2. The van der Waals surface area contributed by atoms with Gasteiger partial charge in [0, 0.05) is 5.02 Å². The topological polar surface area (TPSA) is 76.7 Å². The van der Waals surface area contributed by atoms with Crippen molar-refractivity contribution in [1.29, 1.82) is 0 Å². The zero-order chi connectivity index (χ0) is 19.7. The predicted molar refractivity (Wildman–Crippen MR) is 103 cm³/mol. The van der Waals surface area contributed by atoms with Gasteiger partial charge in [-0.15, -0.1) is 0 Å². The van der Waals surface area contributed by atoms with E-state index in [9.17, 15) is 9.59 Å². The first-order valence-corrected chi connectivity index (χ1v) is 9.21. The molecule has 0 saturated heterocycles. The SMILES string of the molecule is CC(C)CC(NC(=O)OC(C)C)C(=O)NC(C)COc1ccc(Cl)cc1. The van der Waals surface area contributed by atoms with Crippen molar-refractivity contribution in [2.24, 2.45) is 5.92 Å². The van der Waals surface area contributed by atoms with Crippen LogP contribution in [-0.4, -0.2) is 36.8 Å². The molecule has 0 aliphatic carbocycles. The van der Waals surface area contributed by atoms with Crippen LogP contribution >= 0.6 is 11.6 Å². The van der Waals surface area contributed by atoms with E-state index in [4.69, 9.17) is 21.1 Å². The molecule has 2 amide bonds. The summed E-state index contributed by atoms with van der Waals surface area (Å²) >= 11 is 5.84. The van der Waals surface area contributed by atoms with E-state index in [1.807, 2.05) is 20.8 Å². The van der Waals surface area contributed by atoms with Crippen LogP contribution in [0.25, 0.3) is 0 Å². The number of ether oxygens (including phenoxy) is 2. The third-order valence-electron chi connectivity index (χ3n) is 3.36. The molecular weight excluding hydrogens is 356 g/mol. The van der Waals surface area contributed by atoms with Gasteiger partial charge in [0.2, 0.25) is 5.91 Å². The van der Waals surface area contributed by atoms with E-state index < -0.39 is 12.1 Å². The summed E-state index contributed by atoms with van der Waals surface area (Å²) in [6, 6.07) is 6.13. The maximum Gasteiger partial charge on any atom is 0.408 e. The molecule has 0 aromatic heterocycles. The second-order valence-corrected chi connectivity index (χ2v) is 7.39. The highest BCUT2D eigenvalue weighted by molar-refractivity contribution is 6.30. The van der Waals surface area contributed by atoms with Gasteiger partial charge in [-0.3, -0.25) is 4.79 Å². The molecule has 2 N–H and O–H groups in total. The van der Waals surface area contributed by atoms with Crippen LogP contribution in [0, 0.1) is 5.92 Å². The van der Waals surface area contributed by atoms with Gasteiger partial charge in [-0.2, -0.15) is 0 Å². The van der Waals surface area contributed by atoms with E-state index in [1.165, 1.54) is 0 Å². The van der Waals surface area contributed by atoms with Gasteiger partial charge in [0.05, 0.1) is 12.1 Å². The minimum atomic E-state index is -0.653. The largest absolute Gasteiger partial charge is 0.491 e. The molecule has 1 rings (SSSR count). The Kier molecular flexibility index (Phi) is 9.27. The second kappa shape index (κ2) is 10.9. The van der Waals surface area contributed by atoms with Crippen LogP contribution in [0.5, 0.6) is 5.75 Å². The maximum absolute atomic E-state index is 12.5. The van der Waals surface area contributed by atoms with Gasteiger partial charge in [-0.1, -0.05) is 25.4 Å². The van der Waals surface area contributed by atoms with Crippen LogP contribution in [0.3, 0.4) is 0 Å². The highest BCUT2D eigenvalue weighted by atomic mass is 35.5. The molecular formula is C19H29ClN2O4. The van der Waals surface area contributed by atoms with Crippen LogP contribution in [0.15, 0.2) is 24.3 Å². The van der Waals surface area contributed by atoms with Crippen LogP contribution in [0.2, 0.25) is 5.02 Å². The first kappa shape index (κ1) is 22.1. The van der Waals surface area contributed by atoms with Gasteiger partial charge in [-0.25, -0.2) is 4.79 Å². The van der Waals surface area contributed by atoms with E-state index in [2.05, 4.69) is 10.6 Å². The third-order valence-corrected chi connectivity index (χ3v) is 3.61. The van der Waals surface area contributed by atoms with Crippen LogP contribution < -0.4 is 15.4 Å². The lowest BCUT2D eigenvalue weighted by Crippen LogP contribution is -2.51. The summed E-state index contributed by atoms with van der Waals surface area (Å²) in [7, 11) is 0. The minimum absolute atomic E-state index is 0.226. The standard InChI is InChI=1S/C19H29ClN2O4/c1-12(2)10-17(22-19(24)26-13(3)4)18(23)21-14(5)11-25-16-8-6-15(20)7-9-16/h6-9,12-14,17H,10-11H2,1-5H3,(H,21,23)(H,22,24). The fourth-order valence-corrected chi connectivity index (χ4v) is 2.36. The zero-order valence-electron chi connectivity index (χ0n) is 16.0. The molecule has 6 nitrogen and oxygen atoms in total. The van der Waals surface area contributed by atoms with E-state index in [-0.39, 0.29) is 24.0 Å². The highest BCUT2D eigenvalue weighted by Gasteiger charge is 2.24. The molecule has 1 aromatic rings. The van der Waals surface area contributed by atoms with Crippen LogP contribution in [-0.2, 0) is 9.53 Å². The number of hydrogen-bond acceptors (Lipinski definition) is 4. The number of amides is 2. The fourth-order valence-electron chi connectivity index (χ4n) is 2.23. The Hall–Kier alpha value is -1.95. The Morgan fingerprint density at radius 2 is 1.65 bits per heavy atom. The summed E-state index contributed by atoms with van der Waals surface area (Å²) < 4.78 is 10.7. The molecule has 26 heavy (non-hydrogen) atoms. The number of carbonyl (C=O) groups is 2. The number of alkyl carbamates (subject to hydrolysis) is 1. The lowest BCUT2D eigenvalue weighted by molar-refractivity contribution is -0.124. The molecule has 0 bridgehead atoms. The fraction of sp³-hybridized carbons (Fsp3) is 0.579. The Labute approximate surface area is 160 Å². The molecule has 0 fully saturated rings.